The number of aryl methyl sites for hydroxylation is 2. The van der Waals surface area contributed by atoms with Gasteiger partial charge in [0.15, 0.2) is 0 Å². The second kappa shape index (κ2) is 7.87. The Morgan fingerprint density at radius 2 is 1.68 bits per heavy atom. The van der Waals surface area contributed by atoms with E-state index < -0.39 is 0 Å². The van der Waals surface area contributed by atoms with E-state index in [1.165, 1.54) is 6.42 Å². The molecular weight excluding hydrogens is 316 g/mol. The number of aromatic nitrogens is 1. The molecule has 0 bridgehead atoms. The molecule has 2 aliphatic rings. The molecule has 140 valence electrons. The minimum Gasteiger partial charge on any atom is -0.444 e. The summed E-state index contributed by atoms with van der Waals surface area (Å²) in [6, 6.07) is 0.767. The molecule has 3 heterocycles. The molecule has 2 aliphatic heterocycles. The topological polar surface area (TPSA) is 52.8 Å². The molecule has 25 heavy (non-hydrogen) atoms. The van der Waals surface area contributed by atoms with Crippen LogP contribution in [0.15, 0.2) is 4.42 Å². The highest BCUT2D eigenvalue weighted by Gasteiger charge is 2.30. The lowest BCUT2D eigenvalue weighted by atomic mass is 9.97. The van der Waals surface area contributed by atoms with Gasteiger partial charge in [-0.1, -0.05) is 0 Å². The predicted molar refractivity (Wildman–Crippen MR) is 97.3 cm³/mol. The third-order valence-corrected chi connectivity index (χ3v) is 5.74. The van der Waals surface area contributed by atoms with Gasteiger partial charge in [-0.2, -0.15) is 0 Å². The summed E-state index contributed by atoms with van der Waals surface area (Å²) in [6.07, 6.45) is 3.52. The molecule has 2 unspecified atom stereocenters. The van der Waals surface area contributed by atoms with Gasteiger partial charge in [-0.15, -0.1) is 0 Å². The number of oxazole rings is 1. The molecular formula is C19H32N4O2. The number of piperazine rings is 1. The fourth-order valence-electron chi connectivity index (χ4n) is 4.09. The number of carbonyl (C=O) groups excluding carboxylic acids is 1. The second-order valence-electron chi connectivity index (χ2n) is 7.73. The first-order valence-corrected chi connectivity index (χ1v) is 9.63. The molecule has 6 heteroatoms. The van der Waals surface area contributed by atoms with E-state index in [2.05, 4.69) is 33.5 Å². The average molecular weight is 348 g/mol. The van der Waals surface area contributed by atoms with Gasteiger partial charge in [-0.25, -0.2) is 4.98 Å². The highest BCUT2D eigenvalue weighted by molar-refractivity contribution is 5.79. The number of hydrogen-bond acceptors (Lipinski definition) is 5. The van der Waals surface area contributed by atoms with Gasteiger partial charge in [-0.3, -0.25) is 14.6 Å². The standard InChI is InChI=1S/C19H32N4O2/c1-14-6-5-7-15(2)23(14)19(24)13-22-10-8-21(9-11-22)12-18-20-16(3)17(4)25-18/h14-15H,5-13H2,1-4H3. The largest absolute Gasteiger partial charge is 0.444 e. The Balaban J connectivity index is 1.46. The van der Waals surface area contributed by atoms with Crippen LogP contribution in [0.4, 0.5) is 0 Å². The van der Waals surface area contributed by atoms with E-state index in [0.29, 0.717) is 24.5 Å². The molecule has 1 amide bonds. The molecule has 0 aromatic carbocycles. The summed E-state index contributed by atoms with van der Waals surface area (Å²) in [5, 5.41) is 0. The smallest absolute Gasteiger partial charge is 0.237 e. The fraction of sp³-hybridized carbons (Fsp3) is 0.789. The molecule has 0 saturated carbocycles. The summed E-state index contributed by atoms with van der Waals surface area (Å²) in [5.74, 6) is 2.01. The van der Waals surface area contributed by atoms with Gasteiger partial charge in [0.25, 0.3) is 0 Å². The van der Waals surface area contributed by atoms with Crippen LogP contribution < -0.4 is 0 Å². The Morgan fingerprint density at radius 1 is 1.08 bits per heavy atom. The zero-order valence-electron chi connectivity index (χ0n) is 16.1. The lowest BCUT2D eigenvalue weighted by Gasteiger charge is -2.41. The van der Waals surface area contributed by atoms with E-state index in [-0.39, 0.29) is 0 Å². The van der Waals surface area contributed by atoms with Gasteiger partial charge in [0.2, 0.25) is 11.8 Å². The van der Waals surface area contributed by atoms with Gasteiger partial charge < -0.3 is 9.32 Å². The van der Waals surface area contributed by atoms with Gasteiger partial charge in [0.05, 0.1) is 18.8 Å². The van der Waals surface area contributed by atoms with E-state index in [1.807, 2.05) is 13.8 Å². The third-order valence-electron chi connectivity index (χ3n) is 5.74. The Kier molecular flexibility index (Phi) is 5.79. The molecule has 6 nitrogen and oxygen atoms in total. The van der Waals surface area contributed by atoms with Crippen LogP contribution in [0.2, 0.25) is 0 Å². The zero-order valence-corrected chi connectivity index (χ0v) is 16.1. The van der Waals surface area contributed by atoms with Gasteiger partial charge >= 0.3 is 0 Å². The monoisotopic (exact) mass is 348 g/mol. The van der Waals surface area contributed by atoms with Crippen molar-refractivity contribution < 1.29 is 9.21 Å². The van der Waals surface area contributed by atoms with Crippen molar-refractivity contribution in [1.82, 2.24) is 19.7 Å². The molecule has 2 fully saturated rings. The molecule has 3 rings (SSSR count). The first-order valence-electron chi connectivity index (χ1n) is 9.63. The number of likely N-dealkylation sites (tertiary alicyclic amines) is 1. The quantitative estimate of drug-likeness (QED) is 0.835. The van der Waals surface area contributed by atoms with Crippen molar-refractivity contribution in [2.75, 3.05) is 32.7 Å². The zero-order chi connectivity index (χ0) is 18.0. The van der Waals surface area contributed by atoms with Gasteiger partial charge in [0, 0.05) is 38.3 Å². The highest BCUT2D eigenvalue weighted by atomic mass is 16.4. The van der Waals surface area contributed by atoms with E-state index in [4.69, 9.17) is 4.42 Å². The molecule has 1 aromatic heterocycles. The maximum absolute atomic E-state index is 12.7. The number of nitrogens with zero attached hydrogens (tertiary/aromatic N) is 4. The first kappa shape index (κ1) is 18.4. The molecule has 0 spiro atoms. The Bertz CT molecular complexity index is 563. The molecule has 0 aliphatic carbocycles. The Labute approximate surface area is 151 Å². The Morgan fingerprint density at radius 3 is 2.24 bits per heavy atom. The summed E-state index contributed by atoms with van der Waals surface area (Å²) in [5.41, 5.74) is 0.976. The predicted octanol–water partition coefficient (Wildman–Crippen LogP) is 2.20. The molecule has 2 atom stereocenters. The lowest BCUT2D eigenvalue weighted by Crippen LogP contribution is -2.54. The summed E-state index contributed by atoms with van der Waals surface area (Å²) in [4.78, 5) is 24.0. The van der Waals surface area contributed by atoms with Crippen LogP contribution in [0.1, 0.15) is 50.5 Å². The van der Waals surface area contributed by atoms with Crippen molar-refractivity contribution in [2.45, 2.75) is 65.6 Å². The van der Waals surface area contributed by atoms with Crippen molar-refractivity contribution >= 4 is 5.91 Å². The van der Waals surface area contributed by atoms with E-state index in [0.717, 1.165) is 62.9 Å². The van der Waals surface area contributed by atoms with Gasteiger partial charge in [-0.05, 0) is 47.0 Å². The second-order valence-corrected chi connectivity index (χ2v) is 7.73. The summed E-state index contributed by atoms with van der Waals surface area (Å²) in [6.45, 7) is 13.4. The normalized spacial score (nSPS) is 26.2. The van der Waals surface area contributed by atoms with E-state index in [1.54, 1.807) is 0 Å². The van der Waals surface area contributed by atoms with Crippen LogP contribution in [0.3, 0.4) is 0 Å². The minimum atomic E-state index is 0.298. The van der Waals surface area contributed by atoms with Crippen LogP contribution in [-0.4, -0.2) is 70.4 Å². The van der Waals surface area contributed by atoms with Gasteiger partial charge in [0.1, 0.15) is 5.76 Å². The maximum Gasteiger partial charge on any atom is 0.237 e. The van der Waals surface area contributed by atoms with Crippen molar-refractivity contribution in [3.05, 3.63) is 17.3 Å². The summed E-state index contributed by atoms with van der Waals surface area (Å²) in [7, 11) is 0. The van der Waals surface area contributed by atoms with Crippen molar-refractivity contribution in [3.8, 4) is 0 Å². The molecule has 1 aromatic rings. The number of rotatable bonds is 4. The Hall–Kier alpha value is -1.40. The summed E-state index contributed by atoms with van der Waals surface area (Å²) < 4.78 is 5.68. The molecule has 0 radical (unpaired) electrons. The van der Waals surface area contributed by atoms with Crippen LogP contribution >= 0.6 is 0 Å². The van der Waals surface area contributed by atoms with Crippen LogP contribution in [-0.2, 0) is 11.3 Å². The van der Waals surface area contributed by atoms with E-state index in [9.17, 15) is 4.79 Å². The van der Waals surface area contributed by atoms with Crippen LogP contribution in [0, 0.1) is 13.8 Å². The SMILES string of the molecule is Cc1nc(CN2CCN(CC(=O)N3C(C)CCCC3C)CC2)oc1C. The third kappa shape index (κ3) is 4.42. The number of amides is 1. The fourth-order valence-corrected chi connectivity index (χ4v) is 4.09. The maximum atomic E-state index is 12.7. The molecule has 2 saturated heterocycles. The first-order chi connectivity index (χ1) is 11.9. The van der Waals surface area contributed by atoms with Crippen LogP contribution in [0.5, 0.6) is 0 Å². The van der Waals surface area contributed by atoms with Crippen LogP contribution in [0.25, 0.3) is 0 Å². The number of piperidine rings is 1. The summed E-state index contributed by atoms with van der Waals surface area (Å²) >= 11 is 0. The van der Waals surface area contributed by atoms with Crippen molar-refractivity contribution in [1.29, 1.82) is 0 Å². The number of carbonyl (C=O) groups is 1. The average Bonchev–Trinajstić information content (AvgIpc) is 2.87. The minimum absolute atomic E-state index is 0.298. The molecule has 0 N–H and O–H groups in total. The van der Waals surface area contributed by atoms with Crippen molar-refractivity contribution in [2.24, 2.45) is 0 Å². The van der Waals surface area contributed by atoms with E-state index >= 15 is 0 Å². The van der Waals surface area contributed by atoms with Crippen molar-refractivity contribution in [3.63, 3.8) is 0 Å². The number of hydrogen-bond donors (Lipinski definition) is 0. The lowest BCUT2D eigenvalue weighted by molar-refractivity contribution is -0.139. The highest BCUT2D eigenvalue weighted by Crippen LogP contribution is 2.23.